The minimum atomic E-state index is -1.02. The summed E-state index contributed by atoms with van der Waals surface area (Å²) < 4.78 is 5.52. The average Bonchev–Trinajstić information content (AvgIpc) is 2.19. The van der Waals surface area contributed by atoms with Crippen molar-refractivity contribution in [1.29, 1.82) is 0 Å². The molecule has 0 saturated carbocycles. The van der Waals surface area contributed by atoms with Gasteiger partial charge in [0.2, 0.25) is 0 Å². The molecule has 0 atom stereocenters. The molecule has 16 heavy (non-hydrogen) atoms. The lowest BCUT2D eigenvalue weighted by molar-refractivity contribution is -0.103. The molecule has 0 unspecified atom stereocenters. The van der Waals surface area contributed by atoms with E-state index < -0.39 is 8.07 Å². The molecule has 0 aliphatic rings. The van der Waals surface area contributed by atoms with Crippen LogP contribution in [0.2, 0.25) is 25.7 Å². The number of hydrogen-bond acceptors (Lipinski definition) is 3. The van der Waals surface area contributed by atoms with Crippen molar-refractivity contribution in [2.75, 3.05) is 26.9 Å². The number of carbonyl (C=O) groups excluding carboxylic acids is 1. The molecule has 4 nitrogen and oxygen atoms in total. The van der Waals surface area contributed by atoms with Gasteiger partial charge in [-0.3, -0.25) is 9.79 Å². The molecule has 0 aromatic carbocycles. The molecule has 0 saturated heterocycles. The monoisotopic (exact) mass is 244 g/mol. The molecular formula is C11H24N2O2Si. The van der Waals surface area contributed by atoms with Gasteiger partial charge in [0, 0.05) is 28.3 Å². The summed E-state index contributed by atoms with van der Waals surface area (Å²) in [5.41, 5.74) is 0. The van der Waals surface area contributed by atoms with Crippen molar-refractivity contribution in [3.63, 3.8) is 0 Å². The van der Waals surface area contributed by atoms with Crippen molar-refractivity contribution in [2.24, 2.45) is 4.99 Å². The van der Waals surface area contributed by atoms with Crippen LogP contribution in [0.4, 0.5) is 0 Å². The van der Waals surface area contributed by atoms with Gasteiger partial charge in [0.05, 0.1) is 0 Å². The lowest BCUT2D eigenvalue weighted by Gasteiger charge is -2.20. The zero-order valence-corrected chi connectivity index (χ0v) is 12.1. The van der Waals surface area contributed by atoms with Gasteiger partial charge in [-0.1, -0.05) is 19.6 Å². The van der Waals surface area contributed by atoms with Gasteiger partial charge in [-0.05, 0) is 13.0 Å². The summed E-state index contributed by atoms with van der Waals surface area (Å²) in [5.74, 6) is 0.454. The predicted molar refractivity (Wildman–Crippen MR) is 70.8 cm³/mol. The van der Waals surface area contributed by atoms with Gasteiger partial charge < -0.3 is 9.64 Å². The maximum absolute atomic E-state index is 10.7. The van der Waals surface area contributed by atoms with E-state index in [1.54, 1.807) is 4.90 Å². The van der Waals surface area contributed by atoms with Gasteiger partial charge in [-0.2, -0.15) is 0 Å². The van der Waals surface area contributed by atoms with Crippen LogP contribution in [0.5, 0.6) is 0 Å². The molecule has 0 fully saturated rings. The van der Waals surface area contributed by atoms with Crippen LogP contribution in [-0.2, 0) is 9.53 Å². The molecule has 0 spiro atoms. The Bertz CT molecular complexity index is 237. The van der Waals surface area contributed by atoms with E-state index in [2.05, 4.69) is 24.6 Å². The number of hydrogen-bond donors (Lipinski definition) is 0. The van der Waals surface area contributed by atoms with E-state index in [9.17, 15) is 4.79 Å². The van der Waals surface area contributed by atoms with Crippen molar-refractivity contribution in [2.45, 2.75) is 32.6 Å². The Hall–Kier alpha value is -0.683. The van der Waals surface area contributed by atoms with E-state index in [1.165, 1.54) is 0 Å². The van der Waals surface area contributed by atoms with E-state index >= 15 is 0 Å². The summed E-state index contributed by atoms with van der Waals surface area (Å²) in [6.07, 6.45) is 0.769. The quantitative estimate of drug-likeness (QED) is 0.171. The molecule has 0 N–H and O–H groups in total. The molecule has 0 amide bonds. The Morgan fingerprint density at radius 2 is 2.06 bits per heavy atom. The number of ether oxygens (including phenoxy) is 1. The van der Waals surface area contributed by atoms with Gasteiger partial charge in [-0.25, -0.2) is 0 Å². The van der Waals surface area contributed by atoms with Crippen LogP contribution >= 0.6 is 0 Å². The van der Waals surface area contributed by atoms with Crippen LogP contribution in [0.25, 0.3) is 0 Å². The SMILES string of the molecule is CC/N=C(/C=O)N(C)COCC[Si](C)(C)C. The number of aliphatic imine (C=N–C) groups is 1. The van der Waals surface area contributed by atoms with E-state index in [4.69, 9.17) is 4.74 Å². The first-order chi connectivity index (χ1) is 7.40. The Balaban J connectivity index is 3.85. The first-order valence-corrected chi connectivity index (χ1v) is 9.40. The fourth-order valence-electron chi connectivity index (χ4n) is 1.06. The third-order valence-corrected chi connectivity index (χ3v) is 3.80. The zero-order chi connectivity index (χ0) is 12.6. The lowest BCUT2D eigenvalue weighted by Crippen LogP contribution is -2.31. The molecule has 0 aliphatic carbocycles. The van der Waals surface area contributed by atoms with Gasteiger partial charge in [0.25, 0.3) is 0 Å². The fourth-order valence-corrected chi connectivity index (χ4v) is 1.81. The molecule has 0 aliphatic heterocycles. The normalized spacial score (nSPS) is 12.7. The van der Waals surface area contributed by atoms with E-state index in [0.29, 0.717) is 19.1 Å². The van der Waals surface area contributed by atoms with E-state index in [-0.39, 0.29) is 0 Å². The number of carbonyl (C=O) groups is 1. The number of likely N-dealkylation sites (N-methyl/N-ethyl adjacent to an activating group) is 1. The molecule has 0 aromatic heterocycles. The molecule has 0 radical (unpaired) electrons. The van der Waals surface area contributed by atoms with Crippen LogP contribution in [0.15, 0.2) is 4.99 Å². The number of rotatable bonds is 7. The third-order valence-electron chi connectivity index (χ3n) is 2.10. The Kier molecular flexibility index (Phi) is 7.24. The predicted octanol–water partition coefficient (Wildman–Crippen LogP) is 1.85. The summed E-state index contributed by atoms with van der Waals surface area (Å²) in [5, 5.41) is 0. The molecule has 0 rings (SSSR count). The van der Waals surface area contributed by atoms with Crippen LogP contribution in [0, 0.1) is 0 Å². The first-order valence-electron chi connectivity index (χ1n) is 5.69. The highest BCUT2D eigenvalue weighted by atomic mass is 28.3. The van der Waals surface area contributed by atoms with Crippen molar-refractivity contribution in [3.05, 3.63) is 0 Å². The molecule has 0 bridgehead atoms. The maximum Gasteiger partial charge on any atom is 0.184 e. The lowest BCUT2D eigenvalue weighted by atomic mass is 10.5. The molecule has 94 valence electrons. The number of amidine groups is 1. The highest BCUT2D eigenvalue weighted by Gasteiger charge is 2.12. The van der Waals surface area contributed by atoms with Crippen LogP contribution in [-0.4, -0.2) is 52.0 Å². The maximum atomic E-state index is 10.7. The highest BCUT2D eigenvalue weighted by Crippen LogP contribution is 2.07. The Labute approximate surface area is 99.7 Å². The standard InChI is InChI=1S/C11H24N2O2Si/c1-6-12-11(9-14)13(2)10-15-7-8-16(3,4)5/h9H,6-8,10H2,1-5H3/b12-11-. The second-order valence-corrected chi connectivity index (χ2v) is 10.6. The molecule has 0 heterocycles. The number of nitrogens with zero attached hydrogens (tertiary/aromatic N) is 2. The average molecular weight is 244 g/mol. The van der Waals surface area contributed by atoms with Crippen molar-refractivity contribution in [3.8, 4) is 0 Å². The second-order valence-electron chi connectivity index (χ2n) is 5.00. The van der Waals surface area contributed by atoms with Gasteiger partial charge in [0.15, 0.2) is 12.1 Å². The summed E-state index contributed by atoms with van der Waals surface area (Å²) in [6, 6.07) is 1.14. The summed E-state index contributed by atoms with van der Waals surface area (Å²) in [4.78, 5) is 16.5. The fraction of sp³-hybridized carbons (Fsp3) is 0.818. The molecule has 5 heteroatoms. The molecular weight excluding hydrogens is 220 g/mol. The largest absolute Gasteiger partial charge is 0.361 e. The van der Waals surface area contributed by atoms with Gasteiger partial charge >= 0.3 is 0 Å². The van der Waals surface area contributed by atoms with Crippen LogP contribution in [0.3, 0.4) is 0 Å². The van der Waals surface area contributed by atoms with Crippen LogP contribution in [0.1, 0.15) is 6.92 Å². The minimum absolute atomic E-state index is 0.433. The summed E-state index contributed by atoms with van der Waals surface area (Å²) >= 11 is 0. The van der Waals surface area contributed by atoms with Crippen LogP contribution < -0.4 is 0 Å². The minimum Gasteiger partial charge on any atom is -0.361 e. The summed E-state index contributed by atoms with van der Waals surface area (Å²) in [6.45, 7) is 10.7. The third kappa shape index (κ3) is 7.59. The number of aldehydes is 1. The van der Waals surface area contributed by atoms with E-state index in [0.717, 1.165) is 18.9 Å². The topological polar surface area (TPSA) is 41.9 Å². The molecule has 0 aromatic rings. The Morgan fingerprint density at radius 3 is 2.50 bits per heavy atom. The smallest absolute Gasteiger partial charge is 0.184 e. The highest BCUT2D eigenvalue weighted by molar-refractivity contribution is 6.76. The second kappa shape index (κ2) is 7.57. The van der Waals surface area contributed by atoms with Crippen molar-refractivity contribution >= 4 is 20.2 Å². The van der Waals surface area contributed by atoms with Gasteiger partial charge in [0.1, 0.15) is 6.73 Å². The zero-order valence-electron chi connectivity index (χ0n) is 11.1. The Morgan fingerprint density at radius 1 is 1.44 bits per heavy atom. The van der Waals surface area contributed by atoms with Gasteiger partial charge in [-0.15, -0.1) is 0 Å². The first kappa shape index (κ1) is 15.3. The summed E-state index contributed by atoms with van der Waals surface area (Å²) in [7, 11) is 0.794. The van der Waals surface area contributed by atoms with Crippen molar-refractivity contribution in [1.82, 2.24) is 4.90 Å². The van der Waals surface area contributed by atoms with Crippen molar-refractivity contribution < 1.29 is 9.53 Å². The van der Waals surface area contributed by atoms with E-state index in [1.807, 2.05) is 14.0 Å².